The third-order valence-electron chi connectivity index (χ3n) is 4.15. The summed E-state index contributed by atoms with van der Waals surface area (Å²) >= 11 is 6.03. The predicted molar refractivity (Wildman–Crippen MR) is 84.1 cm³/mol. The molecule has 120 valence electrons. The van der Waals surface area contributed by atoms with E-state index in [1.165, 1.54) is 10.4 Å². The highest BCUT2D eigenvalue weighted by Crippen LogP contribution is 2.31. The van der Waals surface area contributed by atoms with Gasteiger partial charge in [-0.3, -0.25) is 4.79 Å². The van der Waals surface area contributed by atoms with Crippen molar-refractivity contribution in [2.45, 2.75) is 24.2 Å². The minimum absolute atomic E-state index is 0.138. The lowest BCUT2D eigenvalue weighted by Crippen LogP contribution is -2.38. The standard InChI is InChI=1S/C15H19ClN2O3S/c16-13-4-1-2-5-14(13)22(20,21)18-9-3-8-17(10-11-18)15(19)12-6-7-12/h1-2,4-5,12H,3,6-11H2. The Morgan fingerprint density at radius 3 is 2.50 bits per heavy atom. The van der Waals surface area contributed by atoms with Crippen molar-refractivity contribution in [3.05, 3.63) is 29.3 Å². The molecule has 0 unspecified atom stereocenters. The van der Waals surface area contributed by atoms with Gasteiger partial charge in [0.25, 0.3) is 0 Å². The maximum absolute atomic E-state index is 12.7. The zero-order chi connectivity index (χ0) is 15.7. The van der Waals surface area contributed by atoms with Crippen LogP contribution in [0.1, 0.15) is 19.3 Å². The number of hydrogen-bond donors (Lipinski definition) is 0. The van der Waals surface area contributed by atoms with Gasteiger partial charge in [-0.05, 0) is 31.4 Å². The molecule has 0 N–H and O–H groups in total. The van der Waals surface area contributed by atoms with E-state index in [0.717, 1.165) is 12.8 Å². The maximum Gasteiger partial charge on any atom is 0.244 e. The quantitative estimate of drug-likeness (QED) is 0.844. The lowest BCUT2D eigenvalue weighted by molar-refractivity contribution is -0.132. The van der Waals surface area contributed by atoms with Crippen LogP contribution < -0.4 is 0 Å². The molecule has 22 heavy (non-hydrogen) atoms. The molecule has 7 heteroatoms. The second-order valence-corrected chi connectivity index (χ2v) is 8.10. The zero-order valence-electron chi connectivity index (χ0n) is 12.2. The van der Waals surface area contributed by atoms with E-state index in [1.54, 1.807) is 23.1 Å². The van der Waals surface area contributed by atoms with Crippen molar-refractivity contribution >= 4 is 27.5 Å². The molecular weight excluding hydrogens is 324 g/mol. The summed E-state index contributed by atoms with van der Waals surface area (Å²) < 4.78 is 26.9. The third kappa shape index (κ3) is 3.14. The molecule has 1 aliphatic carbocycles. The van der Waals surface area contributed by atoms with Gasteiger partial charge >= 0.3 is 0 Å². The third-order valence-corrected chi connectivity index (χ3v) is 6.55. The van der Waals surface area contributed by atoms with Gasteiger partial charge in [-0.1, -0.05) is 23.7 Å². The van der Waals surface area contributed by atoms with Gasteiger partial charge in [-0.2, -0.15) is 4.31 Å². The molecular formula is C15H19ClN2O3S. The molecule has 0 bridgehead atoms. The van der Waals surface area contributed by atoms with Crippen molar-refractivity contribution in [2.24, 2.45) is 5.92 Å². The number of halogens is 1. The molecule has 1 aromatic carbocycles. The van der Waals surface area contributed by atoms with Gasteiger partial charge in [0.15, 0.2) is 0 Å². The first-order chi connectivity index (χ1) is 10.5. The van der Waals surface area contributed by atoms with Crippen LogP contribution in [0.5, 0.6) is 0 Å². The average Bonchev–Trinajstić information content (AvgIpc) is 3.33. The highest BCUT2D eigenvalue weighted by molar-refractivity contribution is 7.89. The van der Waals surface area contributed by atoms with Crippen LogP contribution in [-0.4, -0.2) is 49.7 Å². The van der Waals surface area contributed by atoms with Gasteiger partial charge in [0.05, 0.1) is 5.02 Å². The molecule has 1 amide bonds. The summed E-state index contributed by atoms with van der Waals surface area (Å²) in [5.41, 5.74) is 0. The molecule has 1 saturated heterocycles. The first-order valence-electron chi connectivity index (χ1n) is 7.53. The SMILES string of the molecule is O=C(C1CC1)N1CCCN(S(=O)(=O)c2ccccc2Cl)CC1. The first-order valence-corrected chi connectivity index (χ1v) is 9.35. The second kappa shape index (κ2) is 6.18. The van der Waals surface area contributed by atoms with E-state index in [0.29, 0.717) is 32.6 Å². The summed E-state index contributed by atoms with van der Waals surface area (Å²) in [6, 6.07) is 6.48. The fraction of sp³-hybridized carbons (Fsp3) is 0.533. The minimum atomic E-state index is -3.61. The summed E-state index contributed by atoms with van der Waals surface area (Å²) in [6.07, 6.45) is 2.59. The van der Waals surface area contributed by atoms with Crippen LogP contribution in [0.4, 0.5) is 0 Å². The van der Waals surface area contributed by atoms with Crippen molar-refractivity contribution in [3.63, 3.8) is 0 Å². The van der Waals surface area contributed by atoms with Crippen LogP contribution in [0.3, 0.4) is 0 Å². The molecule has 3 rings (SSSR count). The number of amides is 1. The summed E-state index contributed by atoms with van der Waals surface area (Å²) in [4.78, 5) is 14.1. The second-order valence-electron chi connectivity index (χ2n) is 5.79. The number of sulfonamides is 1. The molecule has 0 aromatic heterocycles. The lowest BCUT2D eigenvalue weighted by Gasteiger charge is -2.22. The van der Waals surface area contributed by atoms with E-state index in [1.807, 2.05) is 0 Å². The monoisotopic (exact) mass is 342 g/mol. The van der Waals surface area contributed by atoms with E-state index in [-0.39, 0.29) is 21.7 Å². The Morgan fingerprint density at radius 2 is 1.82 bits per heavy atom. The fourth-order valence-electron chi connectivity index (χ4n) is 2.74. The van der Waals surface area contributed by atoms with Crippen LogP contribution in [0.2, 0.25) is 5.02 Å². The van der Waals surface area contributed by atoms with Crippen LogP contribution >= 0.6 is 11.6 Å². The lowest BCUT2D eigenvalue weighted by atomic mass is 10.3. The molecule has 2 aliphatic rings. The molecule has 0 spiro atoms. The first kappa shape index (κ1) is 15.8. The maximum atomic E-state index is 12.7. The normalized spacial score (nSPS) is 20.7. The molecule has 0 radical (unpaired) electrons. The molecule has 0 atom stereocenters. The molecule has 1 heterocycles. The largest absolute Gasteiger partial charge is 0.341 e. The van der Waals surface area contributed by atoms with Gasteiger partial charge in [0, 0.05) is 32.1 Å². The van der Waals surface area contributed by atoms with E-state index < -0.39 is 10.0 Å². The Balaban J connectivity index is 1.75. The Morgan fingerprint density at radius 1 is 1.09 bits per heavy atom. The Labute approximate surface area is 135 Å². The fourth-order valence-corrected chi connectivity index (χ4v) is 4.70. The molecule has 1 aliphatic heterocycles. The van der Waals surface area contributed by atoms with Crippen molar-refractivity contribution in [1.82, 2.24) is 9.21 Å². The van der Waals surface area contributed by atoms with Crippen molar-refractivity contribution in [3.8, 4) is 0 Å². The Kier molecular flexibility index (Phi) is 4.43. The van der Waals surface area contributed by atoms with Gasteiger partial charge in [0.1, 0.15) is 4.90 Å². The van der Waals surface area contributed by atoms with Gasteiger partial charge in [0.2, 0.25) is 15.9 Å². The van der Waals surface area contributed by atoms with Gasteiger partial charge in [-0.25, -0.2) is 8.42 Å². The summed E-state index contributed by atoms with van der Waals surface area (Å²) in [5.74, 6) is 0.351. The number of benzene rings is 1. The number of rotatable bonds is 3. The average molecular weight is 343 g/mol. The number of hydrogen-bond acceptors (Lipinski definition) is 3. The zero-order valence-corrected chi connectivity index (χ0v) is 13.8. The highest BCUT2D eigenvalue weighted by atomic mass is 35.5. The van der Waals surface area contributed by atoms with Gasteiger partial charge < -0.3 is 4.90 Å². The molecule has 1 saturated carbocycles. The van der Waals surface area contributed by atoms with Crippen molar-refractivity contribution in [2.75, 3.05) is 26.2 Å². The summed E-state index contributed by atoms with van der Waals surface area (Å²) in [7, 11) is -3.61. The van der Waals surface area contributed by atoms with E-state index in [9.17, 15) is 13.2 Å². The summed E-state index contributed by atoms with van der Waals surface area (Å²) in [5, 5.41) is 0.234. The minimum Gasteiger partial charge on any atom is -0.341 e. The predicted octanol–water partition coefficient (Wildman–Crippen LogP) is 1.97. The van der Waals surface area contributed by atoms with Gasteiger partial charge in [-0.15, -0.1) is 0 Å². The van der Waals surface area contributed by atoms with Crippen LogP contribution in [0.25, 0.3) is 0 Å². The Bertz CT molecular complexity index is 673. The van der Waals surface area contributed by atoms with Crippen LogP contribution in [-0.2, 0) is 14.8 Å². The number of carbonyl (C=O) groups is 1. The Hall–Kier alpha value is -1.11. The molecule has 2 fully saturated rings. The van der Waals surface area contributed by atoms with E-state index in [2.05, 4.69) is 0 Å². The highest BCUT2D eigenvalue weighted by Gasteiger charge is 2.35. The molecule has 5 nitrogen and oxygen atoms in total. The number of nitrogens with zero attached hydrogens (tertiary/aromatic N) is 2. The number of carbonyl (C=O) groups excluding carboxylic acids is 1. The van der Waals surface area contributed by atoms with Crippen molar-refractivity contribution in [1.29, 1.82) is 0 Å². The van der Waals surface area contributed by atoms with Crippen molar-refractivity contribution < 1.29 is 13.2 Å². The smallest absolute Gasteiger partial charge is 0.244 e. The summed E-state index contributed by atoms with van der Waals surface area (Å²) in [6.45, 7) is 1.83. The molecule has 1 aromatic rings. The van der Waals surface area contributed by atoms with Crippen LogP contribution in [0, 0.1) is 5.92 Å². The topological polar surface area (TPSA) is 57.7 Å². The van der Waals surface area contributed by atoms with E-state index in [4.69, 9.17) is 11.6 Å². The van der Waals surface area contributed by atoms with Crippen LogP contribution in [0.15, 0.2) is 29.2 Å². The van der Waals surface area contributed by atoms with E-state index >= 15 is 0 Å².